The van der Waals surface area contributed by atoms with E-state index in [0.29, 0.717) is 6.54 Å². The number of hydrogen-bond acceptors (Lipinski definition) is 3. The van der Waals surface area contributed by atoms with Crippen LogP contribution in [0.5, 0.6) is 0 Å². The molecule has 0 aliphatic rings. The quantitative estimate of drug-likeness (QED) is 0.811. The predicted octanol–water partition coefficient (Wildman–Crippen LogP) is 2.18. The summed E-state index contributed by atoms with van der Waals surface area (Å²) in [6, 6.07) is 3.94. The van der Waals surface area contributed by atoms with Gasteiger partial charge in [0.2, 0.25) is 0 Å². The minimum Gasteiger partial charge on any atom is -0.465 e. The summed E-state index contributed by atoms with van der Waals surface area (Å²) in [7, 11) is 1.99. The van der Waals surface area contributed by atoms with Gasteiger partial charge in [-0.3, -0.25) is 4.90 Å². The average molecular weight is 211 g/mol. The lowest BCUT2D eigenvalue weighted by molar-refractivity contribution is 0.0203. The van der Waals surface area contributed by atoms with Gasteiger partial charge < -0.3 is 9.52 Å². The Morgan fingerprint density at radius 1 is 1.47 bits per heavy atom. The van der Waals surface area contributed by atoms with E-state index >= 15 is 0 Å². The summed E-state index contributed by atoms with van der Waals surface area (Å²) in [5, 5.41) is 9.90. The van der Waals surface area contributed by atoms with Gasteiger partial charge in [0, 0.05) is 6.54 Å². The molecule has 0 aliphatic heterocycles. The monoisotopic (exact) mass is 211 g/mol. The van der Waals surface area contributed by atoms with E-state index in [2.05, 4.69) is 4.90 Å². The molecule has 0 fully saturated rings. The minimum absolute atomic E-state index is 0.615. The van der Waals surface area contributed by atoms with Crippen molar-refractivity contribution in [1.82, 2.24) is 4.90 Å². The average Bonchev–Trinajstić information content (AvgIpc) is 2.50. The molecule has 1 aromatic rings. The molecule has 0 radical (unpaired) electrons. The van der Waals surface area contributed by atoms with E-state index in [-0.39, 0.29) is 0 Å². The van der Waals surface area contributed by atoms with Gasteiger partial charge in [0.25, 0.3) is 0 Å². The lowest BCUT2D eigenvalue weighted by Gasteiger charge is -2.27. The maximum Gasteiger partial charge on any atom is 0.118 e. The third-order valence-corrected chi connectivity index (χ3v) is 2.59. The van der Waals surface area contributed by atoms with Gasteiger partial charge in [0.05, 0.1) is 12.1 Å². The molecule has 1 N–H and O–H groups in total. The van der Waals surface area contributed by atoms with E-state index in [9.17, 15) is 5.11 Å². The van der Waals surface area contributed by atoms with Crippen molar-refractivity contribution in [2.24, 2.45) is 0 Å². The van der Waals surface area contributed by atoms with Crippen molar-refractivity contribution >= 4 is 0 Å². The topological polar surface area (TPSA) is 36.6 Å². The third-order valence-electron chi connectivity index (χ3n) is 2.59. The number of nitrogens with zero attached hydrogens (tertiary/aromatic N) is 1. The van der Waals surface area contributed by atoms with Gasteiger partial charge in [-0.2, -0.15) is 0 Å². The van der Waals surface area contributed by atoms with E-state index in [1.54, 1.807) is 0 Å². The van der Waals surface area contributed by atoms with Crippen LogP contribution in [0.15, 0.2) is 16.5 Å². The molecular formula is C12H21NO2. The highest BCUT2D eigenvalue weighted by Gasteiger charge is 2.20. The van der Waals surface area contributed by atoms with E-state index in [1.165, 1.54) is 0 Å². The van der Waals surface area contributed by atoms with Crippen LogP contribution in [0.2, 0.25) is 0 Å². The summed E-state index contributed by atoms with van der Waals surface area (Å²) >= 11 is 0. The molecule has 0 saturated heterocycles. The molecule has 0 bridgehead atoms. The first-order valence-corrected chi connectivity index (χ1v) is 5.39. The Bertz CT molecular complexity index is 304. The summed E-state index contributed by atoms with van der Waals surface area (Å²) in [5.41, 5.74) is -0.615. The van der Waals surface area contributed by atoms with E-state index in [4.69, 9.17) is 4.42 Å². The minimum atomic E-state index is -0.615. The molecule has 0 saturated carbocycles. The largest absolute Gasteiger partial charge is 0.465 e. The SMILES string of the molecule is CCC(C)(O)CN(C)Cc1ccc(C)o1. The van der Waals surface area contributed by atoms with Crippen LogP contribution in [0.4, 0.5) is 0 Å². The van der Waals surface area contributed by atoms with Crippen molar-refractivity contribution in [1.29, 1.82) is 0 Å². The second kappa shape index (κ2) is 4.81. The first kappa shape index (κ1) is 12.3. The van der Waals surface area contributed by atoms with Crippen LogP contribution in [-0.2, 0) is 6.54 Å². The van der Waals surface area contributed by atoms with Crippen LogP contribution in [0, 0.1) is 6.92 Å². The Labute approximate surface area is 91.7 Å². The standard InChI is InChI=1S/C12H21NO2/c1-5-12(3,14)9-13(4)8-11-7-6-10(2)15-11/h6-7,14H,5,8-9H2,1-4H3. The Hall–Kier alpha value is -0.800. The van der Waals surface area contributed by atoms with Crippen LogP contribution in [-0.4, -0.2) is 29.2 Å². The maximum atomic E-state index is 9.90. The second-order valence-corrected chi connectivity index (χ2v) is 4.54. The van der Waals surface area contributed by atoms with Gasteiger partial charge >= 0.3 is 0 Å². The molecule has 3 nitrogen and oxygen atoms in total. The molecule has 1 rings (SSSR count). The molecule has 0 amide bonds. The molecule has 0 spiro atoms. The zero-order valence-electron chi connectivity index (χ0n) is 10.1. The Morgan fingerprint density at radius 2 is 2.13 bits per heavy atom. The fourth-order valence-electron chi connectivity index (χ4n) is 1.59. The molecule has 86 valence electrons. The highest BCUT2D eigenvalue weighted by atomic mass is 16.3. The highest BCUT2D eigenvalue weighted by molar-refractivity contribution is 5.05. The maximum absolute atomic E-state index is 9.90. The number of aliphatic hydroxyl groups is 1. The molecule has 0 aliphatic carbocycles. The van der Waals surface area contributed by atoms with Gasteiger partial charge in [-0.1, -0.05) is 6.92 Å². The summed E-state index contributed by atoms with van der Waals surface area (Å²) < 4.78 is 5.48. The molecule has 1 heterocycles. The fraction of sp³-hybridized carbons (Fsp3) is 0.667. The van der Waals surface area contributed by atoms with Crippen LogP contribution < -0.4 is 0 Å². The lowest BCUT2D eigenvalue weighted by atomic mass is 10.0. The normalized spacial score (nSPS) is 15.6. The number of furan rings is 1. The van der Waals surface area contributed by atoms with Crippen LogP contribution in [0.1, 0.15) is 31.8 Å². The first-order chi connectivity index (χ1) is 6.93. The van der Waals surface area contributed by atoms with E-state index in [1.807, 2.05) is 40.0 Å². The number of likely N-dealkylation sites (N-methyl/N-ethyl adjacent to an activating group) is 1. The van der Waals surface area contributed by atoms with Crippen molar-refractivity contribution in [2.75, 3.05) is 13.6 Å². The third kappa shape index (κ3) is 4.06. The smallest absolute Gasteiger partial charge is 0.118 e. The Balaban J connectivity index is 2.46. The summed E-state index contributed by atoms with van der Waals surface area (Å²) in [6.45, 7) is 7.18. The van der Waals surface area contributed by atoms with Crippen molar-refractivity contribution in [3.05, 3.63) is 23.7 Å². The summed E-state index contributed by atoms with van der Waals surface area (Å²) in [6.07, 6.45) is 0.758. The molecule has 1 unspecified atom stereocenters. The van der Waals surface area contributed by atoms with Crippen molar-refractivity contribution in [2.45, 2.75) is 39.3 Å². The van der Waals surface area contributed by atoms with Gasteiger partial charge in [-0.05, 0) is 39.4 Å². The fourth-order valence-corrected chi connectivity index (χ4v) is 1.59. The van der Waals surface area contributed by atoms with Crippen molar-refractivity contribution < 1.29 is 9.52 Å². The van der Waals surface area contributed by atoms with E-state index in [0.717, 1.165) is 24.5 Å². The molecular weight excluding hydrogens is 190 g/mol. The molecule has 1 atom stereocenters. The van der Waals surface area contributed by atoms with Gasteiger partial charge in [-0.25, -0.2) is 0 Å². The van der Waals surface area contributed by atoms with E-state index < -0.39 is 5.60 Å². The number of aryl methyl sites for hydroxylation is 1. The van der Waals surface area contributed by atoms with Crippen LogP contribution in [0.25, 0.3) is 0 Å². The molecule has 15 heavy (non-hydrogen) atoms. The molecule has 3 heteroatoms. The number of hydrogen-bond donors (Lipinski definition) is 1. The van der Waals surface area contributed by atoms with Gasteiger partial charge in [-0.15, -0.1) is 0 Å². The Kier molecular flexibility index (Phi) is 3.94. The predicted molar refractivity (Wildman–Crippen MR) is 60.7 cm³/mol. The summed E-state index contributed by atoms with van der Waals surface area (Å²) in [5.74, 6) is 1.88. The molecule has 1 aromatic heterocycles. The zero-order valence-corrected chi connectivity index (χ0v) is 10.1. The number of rotatable bonds is 5. The van der Waals surface area contributed by atoms with Crippen LogP contribution in [0.3, 0.4) is 0 Å². The van der Waals surface area contributed by atoms with Crippen molar-refractivity contribution in [3.63, 3.8) is 0 Å². The van der Waals surface area contributed by atoms with Gasteiger partial charge in [0.15, 0.2) is 0 Å². The first-order valence-electron chi connectivity index (χ1n) is 5.39. The molecule has 0 aromatic carbocycles. The van der Waals surface area contributed by atoms with Crippen molar-refractivity contribution in [3.8, 4) is 0 Å². The lowest BCUT2D eigenvalue weighted by Crippen LogP contribution is -2.37. The van der Waals surface area contributed by atoms with Gasteiger partial charge in [0.1, 0.15) is 11.5 Å². The summed E-state index contributed by atoms with van der Waals surface area (Å²) in [4.78, 5) is 2.07. The Morgan fingerprint density at radius 3 is 2.60 bits per heavy atom. The second-order valence-electron chi connectivity index (χ2n) is 4.54. The highest BCUT2D eigenvalue weighted by Crippen LogP contribution is 2.13. The zero-order chi connectivity index (χ0) is 11.5. The van der Waals surface area contributed by atoms with Crippen LogP contribution >= 0.6 is 0 Å².